The van der Waals surface area contributed by atoms with E-state index in [9.17, 15) is 14.4 Å². The van der Waals surface area contributed by atoms with Crippen LogP contribution in [0.5, 0.6) is 5.75 Å². The fraction of sp³-hybridized carbons (Fsp3) is 0.150. The fourth-order valence-corrected chi connectivity index (χ4v) is 2.75. The van der Waals surface area contributed by atoms with Gasteiger partial charge in [0.2, 0.25) is 0 Å². The number of hydrogen-bond donors (Lipinski definition) is 0. The van der Waals surface area contributed by atoms with Crippen LogP contribution < -0.4 is 4.74 Å². The van der Waals surface area contributed by atoms with Crippen LogP contribution in [0.25, 0.3) is 0 Å². The molecule has 1 heterocycles. The van der Waals surface area contributed by atoms with E-state index in [2.05, 4.69) is 0 Å². The van der Waals surface area contributed by atoms with Crippen molar-refractivity contribution >= 4 is 17.8 Å². The summed E-state index contributed by atoms with van der Waals surface area (Å²) in [5.74, 6) is -0.618. The minimum absolute atomic E-state index is 0.374. The zero-order valence-electron chi connectivity index (χ0n) is 14.1. The summed E-state index contributed by atoms with van der Waals surface area (Å²) in [6.45, 7) is 1.22. The minimum atomic E-state index is -1.14. The molecule has 0 saturated heterocycles. The van der Waals surface area contributed by atoms with Crippen molar-refractivity contribution in [3.05, 3.63) is 78.5 Å². The Morgan fingerprint density at radius 2 is 1.58 bits per heavy atom. The summed E-state index contributed by atoms with van der Waals surface area (Å²) in [6.07, 6.45) is 0.749. The predicted molar refractivity (Wildman–Crippen MR) is 93.2 cm³/mol. The molecule has 0 aromatic heterocycles. The van der Waals surface area contributed by atoms with Gasteiger partial charge >= 0.3 is 12.1 Å². The van der Waals surface area contributed by atoms with Gasteiger partial charge in [0.25, 0.3) is 0 Å². The molecule has 2 atom stereocenters. The van der Waals surface area contributed by atoms with Gasteiger partial charge in [-0.05, 0) is 17.7 Å². The van der Waals surface area contributed by atoms with Crippen molar-refractivity contribution in [2.75, 3.05) is 0 Å². The van der Waals surface area contributed by atoms with Gasteiger partial charge < -0.3 is 9.47 Å². The highest BCUT2D eigenvalue weighted by Crippen LogP contribution is 2.31. The van der Waals surface area contributed by atoms with Crippen molar-refractivity contribution in [1.29, 1.82) is 0 Å². The van der Waals surface area contributed by atoms with Gasteiger partial charge in [-0.15, -0.1) is 0 Å². The van der Waals surface area contributed by atoms with E-state index in [1.165, 1.54) is 24.1 Å². The monoisotopic (exact) mass is 351 g/mol. The van der Waals surface area contributed by atoms with E-state index in [4.69, 9.17) is 9.47 Å². The number of ketones is 1. The summed E-state index contributed by atoms with van der Waals surface area (Å²) < 4.78 is 10.6. The lowest BCUT2D eigenvalue weighted by atomic mass is 9.94. The maximum Gasteiger partial charge on any atom is 0.420 e. The molecule has 3 rings (SSSR count). The number of benzene rings is 2. The third-order valence-corrected chi connectivity index (χ3v) is 3.86. The average molecular weight is 351 g/mol. The summed E-state index contributed by atoms with van der Waals surface area (Å²) >= 11 is 0. The zero-order valence-corrected chi connectivity index (χ0v) is 14.1. The van der Waals surface area contributed by atoms with Gasteiger partial charge in [0.15, 0.2) is 11.9 Å². The second-order valence-corrected chi connectivity index (χ2v) is 5.69. The van der Waals surface area contributed by atoms with E-state index in [1.54, 1.807) is 54.6 Å². The Kier molecular flexibility index (Phi) is 5.12. The van der Waals surface area contributed by atoms with Gasteiger partial charge in [0, 0.05) is 19.2 Å². The molecule has 0 aliphatic carbocycles. The van der Waals surface area contributed by atoms with Gasteiger partial charge in [-0.1, -0.05) is 48.5 Å². The molecule has 26 heavy (non-hydrogen) atoms. The Bertz CT molecular complexity index is 832. The molecule has 132 valence electrons. The molecule has 0 bridgehead atoms. The van der Waals surface area contributed by atoms with Crippen molar-refractivity contribution in [1.82, 2.24) is 4.90 Å². The summed E-state index contributed by atoms with van der Waals surface area (Å²) in [6, 6.07) is 16.7. The molecule has 0 fully saturated rings. The van der Waals surface area contributed by atoms with Gasteiger partial charge in [0.05, 0.1) is 0 Å². The Labute approximate surface area is 150 Å². The first-order valence-corrected chi connectivity index (χ1v) is 8.05. The molecule has 6 heteroatoms. The molecule has 0 spiro atoms. The van der Waals surface area contributed by atoms with E-state index < -0.39 is 30.0 Å². The lowest BCUT2D eigenvalue weighted by molar-refractivity contribution is -0.155. The van der Waals surface area contributed by atoms with E-state index in [-0.39, 0.29) is 0 Å². The Morgan fingerprint density at radius 3 is 2.19 bits per heavy atom. The highest BCUT2D eigenvalue weighted by Gasteiger charge is 2.40. The SMILES string of the molecule is CC(=O)O[C@H]1C(=O)C=CN(C(=O)Oc2ccccc2)[C@@H]1c1ccccc1. The largest absolute Gasteiger partial charge is 0.452 e. The van der Waals surface area contributed by atoms with Crippen molar-refractivity contribution < 1.29 is 23.9 Å². The number of ether oxygens (including phenoxy) is 2. The molecule has 1 amide bonds. The number of nitrogens with zero attached hydrogens (tertiary/aromatic N) is 1. The number of carbonyl (C=O) groups is 3. The lowest BCUT2D eigenvalue weighted by Gasteiger charge is -2.35. The van der Waals surface area contributed by atoms with Crippen LogP contribution in [0.4, 0.5) is 4.79 Å². The van der Waals surface area contributed by atoms with Crippen LogP contribution in [0.15, 0.2) is 72.9 Å². The van der Waals surface area contributed by atoms with E-state index >= 15 is 0 Å². The van der Waals surface area contributed by atoms with Crippen molar-refractivity contribution in [3.63, 3.8) is 0 Å². The fourth-order valence-electron chi connectivity index (χ4n) is 2.75. The van der Waals surface area contributed by atoms with E-state index in [0.29, 0.717) is 11.3 Å². The van der Waals surface area contributed by atoms with Gasteiger partial charge in [0.1, 0.15) is 11.8 Å². The van der Waals surface area contributed by atoms with Crippen molar-refractivity contribution in [2.24, 2.45) is 0 Å². The summed E-state index contributed by atoms with van der Waals surface area (Å²) in [4.78, 5) is 37.7. The van der Waals surface area contributed by atoms with Gasteiger partial charge in [-0.2, -0.15) is 0 Å². The topological polar surface area (TPSA) is 72.9 Å². The van der Waals surface area contributed by atoms with Crippen LogP contribution in [0.3, 0.4) is 0 Å². The Balaban J connectivity index is 1.95. The van der Waals surface area contributed by atoms with Gasteiger partial charge in [-0.25, -0.2) is 4.79 Å². The van der Waals surface area contributed by atoms with E-state index in [1.807, 2.05) is 6.07 Å². The number of para-hydroxylation sites is 1. The number of carbonyl (C=O) groups excluding carboxylic acids is 3. The average Bonchev–Trinajstić information content (AvgIpc) is 2.64. The number of rotatable bonds is 3. The molecule has 2 aromatic carbocycles. The minimum Gasteiger partial charge on any atom is -0.452 e. The molecule has 0 N–H and O–H groups in total. The Hall–Kier alpha value is -3.41. The molecule has 1 aliphatic rings. The Morgan fingerprint density at radius 1 is 0.962 bits per heavy atom. The van der Waals surface area contributed by atoms with Crippen LogP contribution in [-0.4, -0.2) is 28.8 Å². The first-order valence-electron chi connectivity index (χ1n) is 8.05. The third kappa shape index (κ3) is 3.80. The van der Waals surface area contributed by atoms with Crippen LogP contribution in [0, 0.1) is 0 Å². The number of esters is 1. The number of hydrogen-bond acceptors (Lipinski definition) is 5. The molecule has 0 saturated carbocycles. The quantitative estimate of drug-likeness (QED) is 0.794. The smallest absolute Gasteiger partial charge is 0.420 e. The molecule has 2 aromatic rings. The zero-order chi connectivity index (χ0) is 18.5. The first kappa shape index (κ1) is 17.4. The normalized spacial score (nSPS) is 19.1. The van der Waals surface area contributed by atoms with E-state index in [0.717, 1.165) is 0 Å². The summed E-state index contributed by atoms with van der Waals surface area (Å²) in [5, 5.41) is 0. The van der Waals surface area contributed by atoms with Crippen LogP contribution in [0.1, 0.15) is 18.5 Å². The van der Waals surface area contributed by atoms with Crippen LogP contribution in [0.2, 0.25) is 0 Å². The summed E-state index contributed by atoms with van der Waals surface area (Å²) in [7, 11) is 0. The van der Waals surface area contributed by atoms with Gasteiger partial charge in [-0.3, -0.25) is 14.5 Å². The summed E-state index contributed by atoms with van der Waals surface area (Å²) in [5.41, 5.74) is 0.654. The highest BCUT2D eigenvalue weighted by molar-refractivity contribution is 5.97. The second kappa shape index (κ2) is 7.65. The highest BCUT2D eigenvalue weighted by atomic mass is 16.6. The van der Waals surface area contributed by atoms with Crippen molar-refractivity contribution in [2.45, 2.75) is 19.1 Å². The maximum absolute atomic E-state index is 12.7. The van der Waals surface area contributed by atoms with Crippen molar-refractivity contribution in [3.8, 4) is 5.75 Å². The first-order chi connectivity index (χ1) is 12.6. The van der Waals surface area contributed by atoms with Crippen LogP contribution >= 0.6 is 0 Å². The molecule has 0 radical (unpaired) electrons. The number of amides is 1. The standard InChI is InChI=1S/C20H17NO5/c1-14(22)25-19-17(23)12-13-21(18(19)15-8-4-2-5-9-15)20(24)26-16-10-6-3-7-11-16/h2-13,18-19H,1H3/t18-,19+/m1/s1. The molecule has 1 aliphatic heterocycles. The predicted octanol–water partition coefficient (Wildman–Crippen LogP) is 3.26. The third-order valence-electron chi connectivity index (χ3n) is 3.86. The molecular weight excluding hydrogens is 334 g/mol. The van der Waals surface area contributed by atoms with Crippen LogP contribution in [-0.2, 0) is 14.3 Å². The lowest BCUT2D eigenvalue weighted by Crippen LogP contribution is -2.46. The maximum atomic E-state index is 12.7. The second-order valence-electron chi connectivity index (χ2n) is 5.69. The molecule has 6 nitrogen and oxygen atoms in total. The molecular formula is C20H17NO5. The molecule has 0 unspecified atom stereocenters.